The van der Waals surface area contributed by atoms with Gasteiger partial charge in [0.1, 0.15) is 5.75 Å². The van der Waals surface area contributed by atoms with E-state index in [2.05, 4.69) is 9.97 Å². The van der Waals surface area contributed by atoms with E-state index in [0.717, 1.165) is 39.7 Å². The summed E-state index contributed by atoms with van der Waals surface area (Å²) in [6.07, 6.45) is 3.20. The molecular formula is C21H26N2O3. The predicted molar refractivity (Wildman–Crippen MR) is 103 cm³/mol. The number of hydrogen-bond acceptors (Lipinski definition) is 4. The van der Waals surface area contributed by atoms with E-state index in [1.54, 1.807) is 13.3 Å². The highest BCUT2D eigenvalue weighted by molar-refractivity contribution is 6.11. The fraction of sp³-hybridized carbons (Fsp3) is 0.476. The third kappa shape index (κ3) is 2.49. The number of benzene rings is 1. The summed E-state index contributed by atoms with van der Waals surface area (Å²) in [7, 11) is 1.67. The maximum absolute atomic E-state index is 11.1. The molecule has 0 aliphatic heterocycles. The second-order valence-electron chi connectivity index (χ2n) is 8.26. The van der Waals surface area contributed by atoms with E-state index in [1.165, 1.54) is 0 Å². The molecule has 2 heterocycles. The van der Waals surface area contributed by atoms with Crippen LogP contribution in [0.2, 0.25) is 0 Å². The van der Waals surface area contributed by atoms with Crippen molar-refractivity contribution in [2.24, 2.45) is 5.92 Å². The third-order valence-electron chi connectivity index (χ3n) is 5.99. The van der Waals surface area contributed by atoms with Crippen molar-refractivity contribution in [2.45, 2.75) is 50.7 Å². The quantitative estimate of drug-likeness (QED) is 0.669. The van der Waals surface area contributed by atoms with Gasteiger partial charge in [0.15, 0.2) is 0 Å². The number of hydrogen-bond donors (Lipinski definition) is 3. The molecule has 138 valence electrons. The van der Waals surface area contributed by atoms with Crippen molar-refractivity contribution >= 4 is 21.8 Å². The van der Waals surface area contributed by atoms with Gasteiger partial charge in [0.2, 0.25) is 0 Å². The van der Waals surface area contributed by atoms with Crippen LogP contribution in [0, 0.1) is 5.92 Å². The maximum atomic E-state index is 11.1. The Balaban J connectivity index is 2.00. The summed E-state index contributed by atoms with van der Waals surface area (Å²) in [5, 5.41) is 23.8. The van der Waals surface area contributed by atoms with Crippen molar-refractivity contribution in [3.63, 3.8) is 0 Å². The number of nitrogens with one attached hydrogen (secondary N) is 1. The number of aliphatic hydroxyl groups is 2. The molecule has 0 radical (unpaired) electrons. The van der Waals surface area contributed by atoms with Gasteiger partial charge in [-0.15, -0.1) is 0 Å². The Hall–Kier alpha value is -2.11. The number of fused-ring (bicyclic) bond motifs is 3. The molecule has 4 rings (SSSR count). The summed E-state index contributed by atoms with van der Waals surface area (Å²) < 4.78 is 5.55. The minimum atomic E-state index is -0.909. The number of nitrogens with zero attached hydrogens (tertiary/aromatic N) is 1. The third-order valence-corrected chi connectivity index (χ3v) is 5.99. The molecular weight excluding hydrogens is 328 g/mol. The first-order chi connectivity index (χ1) is 12.2. The monoisotopic (exact) mass is 354 g/mol. The molecule has 1 aliphatic carbocycles. The molecule has 0 spiro atoms. The topological polar surface area (TPSA) is 78.4 Å². The smallest absolute Gasteiger partial charge is 0.128 e. The maximum Gasteiger partial charge on any atom is 0.128 e. The zero-order valence-electron chi connectivity index (χ0n) is 15.7. The lowest BCUT2D eigenvalue weighted by atomic mass is 9.76. The molecule has 3 atom stereocenters. The highest BCUT2D eigenvalue weighted by Gasteiger charge is 2.51. The number of ether oxygens (including phenoxy) is 1. The molecule has 0 bridgehead atoms. The van der Waals surface area contributed by atoms with Crippen LogP contribution in [0.5, 0.6) is 5.75 Å². The number of rotatable bonds is 3. The summed E-state index contributed by atoms with van der Waals surface area (Å²) >= 11 is 0. The first kappa shape index (κ1) is 17.3. The molecule has 1 saturated carbocycles. The van der Waals surface area contributed by atoms with Gasteiger partial charge in [0.25, 0.3) is 0 Å². The molecule has 0 saturated heterocycles. The molecule has 2 aromatic heterocycles. The first-order valence-electron chi connectivity index (χ1n) is 9.12. The Morgan fingerprint density at radius 1 is 1.31 bits per heavy atom. The average molecular weight is 354 g/mol. The van der Waals surface area contributed by atoms with Crippen LogP contribution in [-0.2, 0) is 0 Å². The van der Waals surface area contributed by atoms with Gasteiger partial charge in [-0.1, -0.05) is 6.07 Å². The van der Waals surface area contributed by atoms with Crippen LogP contribution < -0.4 is 4.74 Å². The minimum absolute atomic E-state index is 0.0658. The van der Waals surface area contributed by atoms with Crippen LogP contribution in [0.4, 0.5) is 0 Å². The Kier molecular flexibility index (Phi) is 3.79. The minimum Gasteiger partial charge on any atom is -0.496 e. The number of H-pyrrole nitrogens is 1. The summed E-state index contributed by atoms with van der Waals surface area (Å²) in [5.74, 6) is 0.497. The average Bonchev–Trinajstić information content (AvgIpc) is 3.11. The van der Waals surface area contributed by atoms with E-state index in [0.29, 0.717) is 6.42 Å². The SMILES string of the molecule is COc1cccc2[nH]c3c(C4C(C(C)(C)O)CCC4(C)O)nccc3c12. The summed E-state index contributed by atoms with van der Waals surface area (Å²) in [6.45, 7) is 5.49. The van der Waals surface area contributed by atoms with Crippen LogP contribution in [0.25, 0.3) is 21.8 Å². The fourth-order valence-corrected chi connectivity index (χ4v) is 4.72. The molecule has 1 aliphatic rings. The molecule has 5 heteroatoms. The molecule has 3 N–H and O–H groups in total. The van der Waals surface area contributed by atoms with E-state index in [-0.39, 0.29) is 11.8 Å². The Labute approximate surface area is 153 Å². The van der Waals surface area contributed by atoms with Crippen molar-refractivity contribution in [1.29, 1.82) is 0 Å². The van der Waals surface area contributed by atoms with Crippen molar-refractivity contribution in [3.8, 4) is 5.75 Å². The first-order valence-corrected chi connectivity index (χ1v) is 9.12. The largest absolute Gasteiger partial charge is 0.496 e. The van der Waals surface area contributed by atoms with Crippen molar-refractivity contribution in [1.82, 2.24) is 9.97 Å². The lowest BCUT2D eigenvalue weighted by Gasteiger charge is -2.35. The number of pyridine rings is 1. The van der Waals surface area contributed by atoms with Crippen LogP contribution >= 0.6 is 0 Å². The van der Waals surface area contributed by atoms with E-state index >= 15 is 0 Å². The molecule has 1 fully saturated rings. The number of aromatic amines is 1. The highest BCUT2D eigenvalue weighted by Crippen LogP contribution is 2.52. The Morgan fingerprint density at radius 3 is 2.77 bits per heavy atom. The van der Waals surface area contributed by atoms with E-state index in [4.69, 9.17) is 4.74 Å². The highest BCUT2D eigenvalue weighted by atomic mass is 16.5. The molecule has 3 unspecified atom stereocenters. The standard InChI is InChI=1S/C21H26N2O3/c1-20(2,24)13-8-10-21(3,25)17(13)19-18-12(9-11-22-19)16-14(23-18)6-5-7-15(16)26-4/h5-7,9,11,13,17,23-25H,8,10H2,1-4H3. The van der Waals surface area contributed by atoms with Crippen LogP contribution in [0.3, 0.4) is 0 Å². The van der Waals surface area contributed by atoms with Gasteiger partial charge in [-0.05, 0) is 57.7 Å². The molecule has 1 aromatic carbocycles. The van der Waals surface area contributed by atoms with Gasteiger partial charge in [-0.2, -0.15) is 0 Å². The van der Waals surface area contributed by atoms with Gasteiger partial charge in [0, 0.05) is 22.9 Å². The van der Waals surface area contributed by atoms with Gasteiger partial charge in [-0.3, -0.25) is 4.98 Å². The van der Waals surface area contributed by atoms with Crippen molar-refractivity contribution in [3.05, 3.63) is 36.2 Å². The zero-order valence-corrected chi connectivity index (χ0v) is 15.7. The normalized spacial score (nSPS) is 26.7. The molecule has 0 amide bonds. The lowest BCUT2D eigenvalue weighted by molar-refractivity contribution is -0.0190. The second kappa shape index (κ2) is 5.69. The Bertz CT molecular complexity index is 968. The van der Waals surface area contributed by atoms with E-state index in [1.807, 2.05) is 45.0 Å². The number of methoxy groups -OCH3 is 1. The van der Waals surface area contributed by atoms with Gasteiger partial charge >= 0.3 is 0 Å². The second-order valence-corrected chi connectivity index (χ2v) is 8.26. The van der Waals surface area contributed by atoms with Gasteiger partial charge in [-0.25, -0.2) is 0 Å². The van der Waals surface area contributed by atoms with Crippen LogP contribution in [0.15, 0.2) is 30.5 Å². The zero-order chi connectivity index (χ0) is 18.7. The predicted octanol–water partition coefficient (Wildman–Crippen LogP) is 3.74. The molecule has 26 heavy (non-hydrogen) atoms. The van der Waals surface area contributed by atoms with Gasteiger partial charge in [0.05, 0.1) is 35.0 Å². The van der Waals surface area contributed by atoms with Crippen LogP contribution in [0.1, 0.15) is 45.2 Å². The van der Waals surface area contributed by atoms with Crippen molar-refractivity contribution < 1.29 is 14.9 Å². The van der Waals surface area contributed by atoms with Gasteiger partial charge < -0.3 is 19.9 Å². The van der Waals surface area contributed by atoms with E-state index < -0.39 is 11.2 Å². The summed E-state index contributed by atoms with van der Waals surface area (Å²) in [4.78, 5) is 8.13. The molecule has 3 aromatic rings. The molecule has 5 nitrogen and oxygen atoms in total. The van der Waals surface area contributed by atoms with Crippen molar-refractivity contribution in [2.75, 3.05) is 7.11 Å². The van der Waals surface area contributed by atoms with E-state index in [9.17, 15) is 10.2 Å². The lowest BCUT2D eigenvalue weighted by Crippen LogP contribution is -2.39. The van der Waals surface area contributed by atoms with Crippen LogP contribution in [-0.4, -0.2) is 38.5 Å². The number of aromatic nitrogens is 2. The fourth-order valence-electron chi connectivity index (χ4n) is 4.72. The summed E-state index contributed by atoms with van der Waals surface area (Å²) in [6, 6.07) is 7.89. The summed E-state index contributed by atoms with van der Waals surface area (Å²) in [5.41, 5.74) is 0.904. The Morgan fingerprint density at radius 2 is 2.08 bits per heavy atom.